The van der Waals surface area contributed by atoms with Crippen molar-refractivity contribution in [2.45, 2.75) is 20.0 Å². The molecule has 0 spiro atoms. The van der Waals surface area contributed by atoms with E-state index in [-0.39, 0.29) is 12.0 Å². The van der Waals surface area contributed by atoms with Gasteiger partial charge in [-0.1, -0.05) is 11.3 Å². The minimum absolute atomic E-state index is 0.146. The lowest BCUT2D eigenvalue weighted by Crippen LogP contribution is -2.11. The van der Waals surface area contributed by atoms with Crippen LogP contribution in [0.25, 0.3) is 11.0 Å². The van der Waals surface area contributed by atoms with E-state index >= 15 is 0 Å². The number of carbonyl (C=O) groups excluding carboxylic acids is 1. The Labute approximate surface area is 130 Å². The zero-order valence-electron chi connectivity index (χ0n) is 12.4. The van der Waals surface area contributed by atoms with Crippen LogP contribution in [-0.2, 0) is 4.74 Å². The van der Waals surface area contributed by atoms with Crippen molar-refractivity contribution < 1.29 is 9.53 Å². The normalized spacial score (nSPS) is 12.5. The number of H-pyrrole nitrogens is 1. The van der Waals surface area contributed by atoms with Crippen LogP contribution in [0.4, 0.5) is 5.13 Å². The highest BCUT2D eigenvalue weighted by molar-refractivity contribution is 7.15. The van der Waals surface area contributed by atoms with Crippen molar-refractivity contribution in [1.82, 2.24) is 20.2 Å². The summed E-state index contributed by atoms with van der Waals surface area (Å²) < 4.78 is 5.17. The van der Waals surface area contributed by atoms with E-state index in [4.69, 9.17) is 4.74 Å². The third-order valence-electron chi connectivity index (χ3n) is 3.22. The first-order valence-corrected chi connectivity index (χ1v) is 7.52. The molecular formula is C14H15N5O2S. The zero-order chi connectivity index (χ0) is 15.7. The quantitative estimate of drug-likeness (QED) is 0.771. The first-order chi connectivity index (χ1) is 10.6. The Morgan fingerprint density at radius 1 is 1.41 bits per heavy atom. The van der Waals surface area contributed by atoms with Gasteiger partial charge in [0.25, 0.3) is 5.91 Å². The minimum atomic E-state index is -0.234. The number of fused-ring (bicyclic) bond motifs is 1. The number of hydrogen-bond acceptors (Lipinski definition) is 6. The second kappa shape index (κ2) is 5.82. The molecule has 1 amide bonds. The molecule has 0 saturated carbocycles. The summed E-state index contributed by atoms with van der Waals surface area (Å²) in [6.45, 7) is 3.75. The van der Waals surface area contributed by atoms with E-state index in [0.29, 0.717) is 10.7 Å². The number of imidazole rings is 1. The molecule has 0 bridgehead atoms. The summed E-state index contributed by atoms with van der Waals surface area (Å²) >= 11 is 1.30. The number of anilines is 1. The number of benzene rings is 1. The number of methoxy groups -OCH3 is 1. The zero-order valence-corrected chi connectivity index (χ0v) is 13.2. The molecule has 114 valence electrons. The Morgan fingerprint density at radius 3 is 3.00 bits per heavy atom. The molecule has 22 heavy (non-hydrogen) atoms. The third kappa shape index (κ3) is 2.83. The molecule has 7 nitrogen and oxygen atoms in total. The highest BCUT2D eigenvalue weighted by Crippen LogP contribution is 2.24. The number of ether oxygens (including phenoxy) is 1. The lowest BCUT2D eigenvalue weighted by Gasteiger charge is -2.03. The minimum Gasteiger partial charge on any atom is -0.374 e. The van der Waals surface area contributed by atoms with Crippen molar-refractivity contribution in [3.05, 3.63) is 34.6 Å². The van der Waals surface area contributed by atoms with Gasteiger partial charge in [-0.3, -0.25) is 10.1 Å². The van der Waals surface area contributed by atoms with Gasteiger partial charge in [0.2, 0.25) is 5.13 Å². The van der Waals surface area contributed by atoms with Gasteiger partial charge < -0.3 is 9.72 Å². The van der Waals surface area contributed by atoms with Gasteiger partial charge >= 0.3 is 0 Å². The number of aromatic nitrogens is 4. The molecule has 2 N–H and O–H groups in total. The number of nitrogens with one attached hydrogen (secondary N) is 2. The van der Waals surface area contributed by atoms with Crippen molar-refractivity contribution in [3.63, 3.8) is 0 Å². The second-order valence-electron chi connectivity index (χ2n) is 4.83. The monoisotopic (exact) mass is 317 g/mol. The number of amides is 1. The first-order valence-electron chi connectivity index (χ1n) is 6.70. The maximum absolute atomic E-state index is 12.3. The van der Waals surface area contributed by atoms with Crippen molar-refractivity contribution >= 4 is 33.4 Å². The fourth-order valence-electron chi connectivity index (χ4n) is 2.00. The molecule has 0 fully saturated rings. The van der Waals surface area contributed by atoms with Crippen LogP contribution < -0.4 is 5.32 Å². The molecule has 2 aromatic heterocycles. The number of nitrogens with zero attached hydrogens (tertiary/aromatic N) is 3. The molecule has 3 aromatic rings. The molecule has 0 aliphatic heterocycles. The van der Waals surface area contributed by atoms with E-state index in [1.165, 1.54) is 11.3 Å². The van der Waals surface area contributed by atoms with Crippen LogP contribution in [0, 0.1) is 6.92 Å². The molecule has 1 unspecified atom stereocenters. The summed E-state index contributed by atoms with van der Waals surface area (Å²) in [6.07, 6.45) is -0.146. The SMILES string of the molecule is COC(C)c1nnc(NC(=O)c2ccc3nc(C)[nH]c3c2)s1. The van der Waals surface area contributed by atoms with Crippen LogP contribution in [0.5, 0.6) is 0 Å². The van der Waals surface area contributed by atoms with Crippen molar-refractivity contribution in [3.8, 4) is 0 Å². The van der Waals surface area contributed by atoms with Gasteiger partial charge in [0.1, 0.15) is 16.9 Å². The molecule has 8 heteroatoms. The second-order valence-corrected chi connectivity index (χ2v) is 5.84. The summed E-state index contributed by atoms with van der Waals surface area (Å²) in [4.78, 5) is 19.7. The number of aromatic amines is 1. The van der Waals surface area contributed by atoms with Crippen LogP contribution in [0.15, 0.2) is 18.2 Å². The summed E-state index contributed by atoms with van der Waals surface area (Å²) in [6, 6.07) is 5.31. The molecule has 1 aromatic carbocycles. The Bertz CT molecular complexity index is 826. The standard InChI is InChI=1S/C14H15N5O2S/c1-7(21-3)13-18-19-14(22-13)17-12(20)9-4-5-10-11(6-9)16-8(2)15-10/h4-7H,1-3H3,(H,15,16)(H,17,19,20). The smallest absolute Gasteiger partial charge is 0.257 e. The molecular weight excluding hydrogens is 302 g/mol. The average Bonchev–Trinajstić information content (AvgIpc) is 3.10. The lowest BCUT2D eigenvalue weighted by atomic mass is 10.2. The summed E-state index contributed by atoms with van der Waals surface area (Å²) in [7, 11) is 1.60. The predicted octanol–water partition coefficient (Wildman–Crippen LogP) is 2.68. The largest absolute Gasteiger partial charge is 0.374 e. The summed E-state index contributed by atoms with van der Waals surface area (Å²) in [5.41, 5.74) is 2.20. The summed E-state index contributed by atoms with van der Waals surface area (Å²) in [5.74, 6) is 0.580. The number of rotatable bonds is 4. The van der Waals surface area contributed by atoms with Crippen molar-refractivity contribution in [2.75, 3.05) is 12.4 Å². The van der Waals surface area contributed by atoms with E-state index in [2.05, 4.69) is 25.5 Å². The van der Waals surface area contributed by atoms with Gasteiger partial charge in [0.15, 0.2) is 0 Å². The molecule has 0 saturated heterocycles. The first kappa shape index (κ1) is 14.6. The van der Waals surface area contributed by atoms with Gasteiger partial charge in [0.05, 0.1) is 11.0 Å². The number of carbonyl (C=O) groups is 1. The van der Waals surface area contributed by atoms with E-state index in [0.717, 1.165) is 21.9 Å². The molecule has 0 radical (unpaired) electrons. The van der Waals surface area contributed by atoms with Gasteiger partial charge in [-0.15, -0.1) is 10.2 Å². The highest BCUT2D eigenvalue weighted by atomic mass is 32.1. The molecule has 0 aliphatic carbocycles. The Kier molecular flexibility index (Phi) is 3.86. The van der Waals surface area contributed by atoms with Crippen LogP contribution in [0.1, 0.15) is 34.2 Å². The van der Waals surface area contributed by atoms with Crippen LogP contribution in [0.2, 0.25) is 0 Å². The lowest BCUT2D eigenvalue weighted by molar-refractivity contribution is 0.102. The molecule has 0 aliphatic rings. The maximum atomic E-state index is 12.3. The Balaban J connectivity index is 1.79. The number of hydrogen-bond donors (Lipinski definition) is 2. The van der Waals surface area contributed by atoms with Gasteiger partial charge in [0, 0.05) is 12.7 Å². The predicted molar refractivity (Wildman–Crippen MR) is 84.1 cm³/mol. The highest BCUT2D eigenvalue weighted by Gasteiger charge is 2.14. The fourth-order valence-corrected chi connectivity index (χ4v) is 2.77. The van der Waals surface area contributed by atoms with E-state index in [9.17, 15) is 4.79 Å². The third-order valence-corrected chi connectivity index (χ3v) is 4.22. The van der Waals surface area contributed by atoms with Gasteiger partial charge in [-0.25, -0.2) is 4.98 Å². The van der Waals surface area contributed by atoms with E-state index in [1.807, 2.05) is 19.9 Å². The Hall–Kier alpha value is -2.32. The number of aryl methyl sites for hydroxylation is 1. The Morgan fingerprint density at radius 2 is 2.23 bits per heavy atom. The van der Waals surface area contributed by atoms with Crippen molar-refractivity contribution in [1.29, 1.82) is 0 Å². The van der Waals surface area contributed by atoms with E-state index in [1.54, 1.807) is 19.2 Å². The van der Waals surface area contributed by atoms with E-state index < -0.39 is 0 Å². The average molecular weight is 317 g/mol. The van der Waals surface area contributed by atoms with Gasteiger partial charge in [-0.05, 0) is 32.0 Å². The van der Waals surface area contributed by atoms with Crippen molar-refractivity contribution in [2.24, 2.45) is 0 Å². The summed E-state index contributed by atoms with van der Waals surface area (Å²) in [5, 5.41) is 11.9. The van der Waals surface area contributed by atoms with Crippen LogP contribution in [-0.4, -0.2) is 33.2 Å². The van der Waals surface area contributed by atoms with Gasteiger partial charge in [-0.2, -0.15) is 0 Å². The molecule has 2 heterocycles. The fraction of sp³-hybridized carbons (Fsp3) is 0.286. The molecule has 3 rings (SSSR count). The topological polar surface area (TPSA) is 92.8 Å². The molecule has 1 atom stereocenters. The van der Waals surface area contributed by atoms with Crippen LogP contribution in [0.3, 0.4) is 0 Å². The maximum Gasteiger partial charge on any atom is 0.257 e. The van der Waals surface area contributed by atoms with Crippen LogP contribution >= 0.6 is 11.3 Å².